The molecule has 5 heterocycles. The number of nitrogens with zero attached hydrogens (tertiary/aromatic N) is 8. The molecule has 0 bridgehead atoms. The van der Waals surface area contributed by atoms with Gasteiger partial charge < -0.3 is 9.88 Å². The first-order valence-electron chi connectivity index (χ1n) is 13.1. The van der Waals surface area contributed by atoms with Gasteiger partial charge in [-0.2, -0.15) is 18.3 Å². The molecule has 41 heavy (non-hydrogen) atoms. The highest BCUT2D eigenvalue weighted by Crippen LogP contribution is 2.41. The molecule has 14 heteroatoms. The Morgan fingerprint density at radius 2 is 1.88 bits per heavy atom. The Bertz CT molecular complexity index is 1640. The van der Waals surface area contributed by atoms with Crippen LogP contribution in [-0.4, -0.2) is 66.1 Å². The van der Waals surface area contributed by atoms with Gasteiger partial charge in [-0.1, -0.05) is 0 Å². The highest BCUT2D eigenvalue weighted by molar-refractivity contribution is 6.10. The Morgan fingerprint density at radius 1 is 1.10 bits per heavy atom. The number of carbonyl (C=O) groups excluding carboxylic acids is 1. The van der Waals surface area contributed by atoms with Crippen LogP contribution in [-0.2, 0) is 33.4 Å². The summed E-state index contributed by atoms with van der Waals surface area (Å²) in [5.41, 5.74) is 1.33. The third kappa shape index (κ3) is 4.81. The van der Waals surface area contributed by atoms with Crippen molar-refractivity contribution in [1.29, 1.82) is 0 Å². The van der Waals surface area contributed by atoms with Crippen molar-refractivity contribution in [2.75, 3.05) is 29.9 Å². The number of hydrogen-bond acceptors (Lipinski definition) is 7. The topological polar surface area (TPSA) is 97.0 Å². The molecule has 0 saturated carbocycles. The van der Waals surface area contributed by atoms with Crippen molar-refractivity contribution in [2.45, 2.75) is 32.4 Å². The van der Waals surface area contributed by atoms with Crippen molar-refractivity contribution in [2.24, 2.45) is 14.1 Å². The molecule has 2 aliphatic rings. The largest absolute Gasteiger partial charge is 0.416 e. The second-order valence-electron chi connectivity index (χ2n) is 10.3. The van der Waals surface area contributed by atoms with Crippen LogP contribution in [0, 0.1) is 0 Å². The van der Waals surface area contributed by atoms with E-state index >= 15 is 0 Å². The number of alkyl halides is 4. The molecule has 214 valence electrons. The lowest BCUT2D eigenvalue weighted by atomic mass is 9.98. The molecular weight excluding hydrogens is 542 g/mol. The Kier molecular flexibility index (Phi) is 6.52. The number of fused-ring (bicyclic) bond motifs is 1. The maximum atomic E-state index is 14.2. The highest BCUT2D eigenvalue weighted by atomic mass is 19.4. The predicted molar refractivity (Wildman–Crippen MR) is 143 cm³/mol. The number of aryl methyl sites for hydroxylation is 2. The van der Waals surface area contributed by atoms with Crippen LogP contribution >= 0.6 is 0 Å². The van der Waals surface area contributed by atoms with Crippen molar-refractivity contribution < 1.29 is 22.4 Å². The maximum Gasteiger partial charge on any atom is 0.416 e. The fourth-order valence-electron chi connectivity index (χ4n) is 5.42. The molecule has 0 unspecified atom stereocenters. The van der Waals surface area contributed by atoms with E-state index in [1.165, 1.54) is 11.0 Å². The van der Waals surface area contributed by atoms with Gasteiger partial charge in [-0.15, -0.1) is 10.2 Å². The van der Waals surface area contributed by atoms with Crippen molar-refractivity contribution in [3.05, 3.63) is 59.0 Å². The molecule has 3 aromatic heterocycles. The third-order valence-electron chi connectivity index (χ3n) is 7.34. The van der Waals surface area contributed by atoms with E-state index in [1.807, 2.05) is 6.92 Å². The zero-order valence-corrected chi connectivity index (χ0v) is 22.6. The number of halogens is 4. The third-order valence-corrected chi connectivity index (χ3v) is 7.34. The summed E-state index contributed by atoms with van der Waals surface area (Å²) in [6.07, 6.45) is -2.43. The normalized spacial score (nSPS) is 15.9. The van der Waals surface area contributed by atoms with Crippen LogP contribution in [0.4, 0.5) is 29.2 Å². The van der Waals surface area contributed by atoms with Gasteiger partial charge in [-0.05, 0) is 42.3 Å². The Hall–Kier alpha value is -4.33. The second kappa shape index (κ2) is 9.94. The summed E-state index contributed by atoms with van der Waals surface area (Å²) in [7, 11) is 3.57. The summed E-state index contributed by atoms with van der Waals surface area (Å²) in [4.78, 5) is 21.2. The zero-order valence-electron chi connectivity index (χ0n) is 22.6. The number of likely N-dealkylation sites (tertiary alicyclic amines) is 1. The quantitative estimate of drug-likeness (QED) is 0.336. The van der Waals surface area contributed by atoms with Crippen LogP contribution in [0.1, 0.15) is 34.0 Å². The smallest absolute Gasteiger partial charge is 0.370 e. The summed E-state index contributed by atoms with van der Waals surface area (Å²) in [6, 6.07) is 6.01. The number of pyridine rings is 1. The fraction of sp³-hybridized carbons (Fsp3) is 0.370. The minimum absolute atomic E-state index is 0.0235. The lowest BCUT2D eigenvalue weighted by molar-refractivity contribution is -0.138. The van der Waals surface area contributed by atoms with E-state index in [9.17, 15) is 22.4 Å². The number of anilines is 2. The molecule has 0 atom stereocenters. The van der Waals surface area contributed by atoms with Gasteiger partial charge in [0.1, 0.15) is 24.1 Å². The average molecular weight is 570 g/mol. The number of nitrogens with one attached hydrogen (secondary N) is 1. The zero-order chi connectivity index (χ0) is 29.1. The SMILES string of the molecule is CCNc1cc(-c2c(-c3nncn3C)cnn2C)cc(N2Cc3c(cc(CN4CC(F)C4)cc3C(F)(F)F)C2=O)n1. The van der Waals surface area contributed by atoms with Crippen molar-refractivity contribution in [1.82, 2.24) is 34.4 Å². The van der Waals surface area contributed by atoms with E-state index in [0.29, 0.717) is 40.6 Å². The van der Waals surface area contributed by atoms with Crippen molar-refractivity contribution in [3.63, 3.8) is 0 Å². The van der Waals surface area contributed by atoms with Gasteiger partial charge in [0.15, 0.2) is 5.82 Å². The minimum atomic E-state index is -4.67. The number of carbonyl (C=O) groups is 1. The molecule has 6 rings (SSSR count). The van der Waals surface area contributed by atoms with Gasteiger partial charge in [-0.25, -0.2) is 9.37 Å². The van der Waals surface area contributed by atoms with Gasteiger partial charge in [-0.3, -0.25) is 19.3 Å². The van der Waals surface area contributed by atoms with E-state index < -0.39 is 23.8 Å². The van der Waals surface area contributed by atoms with Crippen LogP contribution in [0.5, 0.6) is 0 Å². The van der Waals surface area contributed by atoms with E-state index in [1.54, 1.807) is 52.9 Å². The molecule has 4 aromatic rings. The molecule has 10 nitrogen and oxygen atoms in total. The summed E-state index contributed by atoms with van der Waals surface area (Å²) >= 11 is 0. The Labute approximate surface area is 232 Å². The first kappa shape index (κ1) is 26.9. The number of aromatic nitrogens is 6. The highest BCUT2D eigenvalue weighted by Gasteiger charge is 2.41. The monoisotopic (exact) mass is 569 g/mol. The summed E-state index contributed by atoms with van der Waals surface area (Å²) in [6.45, 7) is 2.58. The van der Waals surface area contributed by atoms with Crippen LogP contribution in [0.15, 0.2) is 36.8 Å². The predicted octanol–water partition coefficient (Wildman–Crippen LogP) is 4.04. The van der Waals surface area contributed by atoms with Crippen LogP contribution in [0.25, 0.3) is 22.6 Å². The number of rotatable bonds is 7. The van der Waals surface area contributed by atoms with Gasteiger partial charge in [0.05, 0.1) is 29.6 Å². The number of benzene rings is 1. The summed E-state index contributed by atoms with van der Waals surface area (Å²) < 4.78 is 59.3. The first-order chi connectivity index (χ1) is 19.5. The molecule has 0 aliphatic carbocycles. The van der Waals surface area contributed by atoms with E-state index in [-0.39, 0.29) is 43.1 Å². The molecule has 1 N–H and O–H groups in total. The molecule has 1 amide bonds. The van der Waals surface area contributed by atoms with E-state index in [4.69, 9.17) is 0 Å². The lowest BCUT2D eigenvalue weighted by Crippen LogP contribution is -2.47. The number of amides is 1. The lowest BCUT2D eigenvalue weighted by Gasteiger charge is -2.34. The average Bonchev–Trinajstić information content (AvgIpc) is 3.59. The van der Waals surface area contributed by atoms with E-state index in [0.717, 1.165) is 6.07 Å². The molecule has 1 saturated heterocycles. The molecule has 1 aromatic carbocycles. The molecular formula is C27H27F4N9O. The Balaban J connectivity index is 1.42. The summed E-state index contributed by atoms with van der Waals surface area (Å²) in [5, 5.41) is 15.7. The minimum Gasteiger partial charge on any atom is -0.370 e. The van der Waals surface area contributed by atoms with Crippen LogP contribution in [0.2, 0.25) is 0 Å². The fourth-order valence-corrected chi connectivity index (χ4v) is 5.42. The first-order valence-corrected chi connectivity index (χ1v) is 13.1. The molecule has 2 aliphatic heterocycles. The van der Waals surface area contributed by atoms with Gasteiger partial charge in [0, 0.05) is 51.4 Å². The van der Waals surface area contributed by atoms with Gasteiger partial charge in [0.25, 0.3) is 5.91 Å². The molecule has 1 fully saturated rings. The maximum absolute atomic E-state index is 14.2. The van der Waals surface area contributed by atoms with Crippen LogP contribution in [0.3, 0.4) is 0 Å². The van der Waals surface area contributed by atoms with Gasteiger partial charge in [0.2, 0.25) is 0 Å². The van der Waals surface area contributed by atoms with Crippen molar-refractivity contribution >= 4 is 17.5 Å². The van der Waals surface area contributed by atoms with Crippen LogP contribution < -0.4 is 10.2 Å². The summed E-state index contributed by atoms with van der Waals surface area (Å²) in [5.74, 6) is 0.640. The second-order valence-corrected chi connectivity index (χ2v) is 10.3. The molecule has 0 spiro atoms. The molecule has 0 radical (unpaired) electrons. The standard InChI is InChI=1S/C27H27F4N9O/c1-4-32-22-7-16(24-19(9-34-38(24)3)25-36-33-14-37(25)2)8-23(35-22)40-13-20-18(26(40)41)5-15(6-21(20)27(29,30)31)10-39-11-17(28)12-39/h5-9,14,17H,4,10-13H2,1-3H3,(H,32,35). The van der Waals surface area contributed by atoms with E-state index in [2.05, 4.69) is 25.6 Å². The Morgan fingerprint density at radius 3 is 2.54 bits per heavy atom. The number of hydrogen-bond donors (Lipinski definition) is 1. The van der Waals surface area contributed by atoms with Crippen molar-refractivity contribution in [3.8, 4) is 22.6 Å². The van der Waals surface area contributed by atoms with Gasteiger partial charge >= 0.3 is 6.18 Å².